The van der Waals surface area contributed by atoms with Crippen molar-refractivity contribution in [1.29, 1.82) is 0 Å². The van der Waals surface area contributed by atoms with Crippen molar-refractivity contribution >= 4 is 54.5 Å². The third kappa shape index (κ3) is 3.92. The molecule has 0 spiro atoms. The fourth-order valence-electron chi connectivity index (χ4n) is 8.22. The van der Waals surface area contributed by atoms with Gasteiger partial charge in [0.05, 0.1) is 11.4 Å². The Morgan fingerprint density at radius 3 is 1.91 bits per heavy atom. The molecule has 8 rings (SSSR count). The van der Waals surface area contributed by atoms with Crippen molar-refractivity contribution < 1.29 is 0 Å². The molecule has 2 aliphatic rings. The lowest BCUT2D eigenvalue weighted by atomic mass is 9.89. The fraction of sp³-hybridized carbons (Fsp3) is 0.317. The quantitative estimate of drug-likeness (QED) is 0.120. The van der Waals surface area contributed by atoms with Gasteiger partial charge in [0.2, 0.25) is 0 Å². The van der Waals surface area contributed by atoms with Crippen LogP contribution in [0.25, 0.3) is 65.3 Å². The first-order valence-electron chi connectivity index (χ1n) is 16.3. The number of hydrogen-bond acceptors (Lipinski definition) is 2. The van der Waals surface area contributed by atoms with E-state index in [9.17, 15) is 0 Å². The first kappa shape index (κ1) is 26.6. The molecule has 2 heteroatoms. The van der Waals surface area contributed by atoms with Crippen molar-refractivity contribution in [3.8, 4) is 22.3 Å². The van der Waals surface area contributed by atoms with Crippen LogP contribution in [0.2, 0.25) is 0 Å². The van der Waals surface area contributed by atoms with Gasteiger partial charge in [-0.2, -0.15) is 0 Å². The standard InChI is InChI=1S/C41H42N2/c1-6-43(27-16-8-7-9-17-27)40-32-20-13-12-19-31(32)39(42(5)41(2,3)4)36-25-34-33(24-37(36)40)30-22-14-21-29-28-18-11-10-15-26(28)23-35(34)38(29)30/h10-15,18-25,27H,6-9,16-17H2,1-5H3. The van der Waals surface area contributed by atoms with Crippen LogP contribution in [0, 0.1) is 0 Å². The molecule has 2 aliphatic carbocycles. The number of benzene rings is 6. The van der Waals surface area contributed by atoms with Crippen LogP contribution in [-0.2, 0) is 0 Å². The predicted molar refractivity (Wildman–Crippen MR) is 189 cm³/mol. The van der Waals surface area contributed by atoms with Gasteiger partial charge in [-0.05, 0) is 103 Å². The topological polar surface area (TPSA) is 6.48 Å². The van der Waals surface area contributed by atoms with Crippen LogP contribution in [0.3, 0.4) is 0 Å². The zero-order valence-corrected chi connectivity index (χ0v) is 26.3. The highest BCUT2D eigenvalue weighted by molar-refractivity contribution is 6.27. The smallest absolute Gasteiger partial charge is 0.0529 e. The first-order valence-corrected chi connectivity index (χ1v) is 16.3. The zero-order chi connectivity index (χ0) is 29.5. The van der Waals surface area contributed by atoms with E-state index in [0.717, 1.165) is 6.54 Å². The van der Waals surface area contributed by atoms with Crippen molar-refractivity contribution in [3.05, 3.63) is 84.9 Å². The van der Waals surface area contributed by atoms with E-state index in [2.05, 4.69) is 129 Å². The second-order valence-electron chi connectivity index (χ2n) is 13.9. The third-order valence-corrected chi connectivity index (χ3v) is 10.6. The van der Waals surface area contributed by atoms with Gasteiger partial charge in [0.1, 0.15) is 0 Å². The average Bonchev–Trinajstić information content (AvgIpc) is 3.33. The Hall–Kier alpha value is -4.04. The molecule has 0 saturated heterocycles. The van der Waals surface area contributed by atoms with E-state index in [1.165, 1.54) is 109 Å². The summed E-state index contributed by atoms with van der Waals surface area (Å²) < 4.78 is 0. The summed E-state index contributed by atoms with van der Waals surface area (Å²) in [6.45, 7) is 10.4. The van der Waals surface area contributed by atoms with Gasteiger partial charge in [0.25, 0.3) is 0 Å². The van der Waals surface area contributed by atoms with E-state index in [1.807, 2.05) is 0 Å². The summed E-state index contributed by atoms with van der Waals surface area (Å²) in [6, 6.07) is 33.2. The molecule has 2 nitrogen and oxygen atoms in total. The maximum absolute atomic E-state index is 2.77. The molecule has 0 radical (unpaired) electrons. The number of hydrogen-bond donors (Lipinski definition) is 0. The highest BCUT2D eigenvalue weighted by Gasteiger charge is 2.31. The predicted octanol–water partition coefficient (Wildman–Crippen LogP) is 11.3. The summed E-state index contributed by atoms with van der Waals surface area (Å²) in [4.78, 5) is 5.29. The lowest BCUT2D eigenvalue weighted by Gasteiger charge is -2.40. The molecule has 0 aliphatic heterocycles. The van der Waals surface area contributed by atoms with E-state index in [1.54, 1.807) is 0 Å². The second kappa shape index (κ2) is 9.74. The lowest BCUT2D eigenvalue weighted by molar-refractivity contribution is 0.419. The molecule has 0 aromatic heterocycles. The Labute approximate surface area is 255 Å². The largest absolute Gasteiger partial charge is 0.369 e. The lowest BCUT2D eigenvalue weighted by Crippen LogP contribution is -2.39. The molecule has 0 bridgehead atoms. The number of rotatable bonds is 4. The van der Waals surface area contributed by atoms with Gasteiger partial charge in [-0.1, -0.05) is 86.0 Å². The normalized spacial score (nSPS) is 15.1. The molecular formula is C41H42N2. The Bertz CT molecular complexity index is 2060. The van der Waals surface area contributed by atoms with Gasteiger partial charge < -0.3 is 9.80 Å². The SMILES string of the molecule is CCN(c1c2ccccc2c(N(C)C(C)(C)C)c2cc3c(cc12)-c1cccc2c1c-3cc1ccccc12)C1CCCCC1. The Morgan fingerprint density at radius 2 is 1.21 bits per heavy atom. The fourth-order valence-corrected chi connectivity index (χ4v) is 8.22. The summed E-state index contributed by atoms with van der Waals surface area (Å²) in [5.74, 6) is 0. The summed E-state index contributed by atoms with van der Waals surface area (Å²) in [5.41, 5.74) is 8.25. The molecule has 1 saturated carbocycles. The van der Waals surface area contributed by atoms with Gasteiger partial charge in [0, 0.05) is 46.7 Å². The first-order chi connectivity index (χ1) is 20.9. The van der Waals surface area contributed by atoms with E-state index in [4.69, 9.17) is 0 Å². The van der Waals surface area contributed by atoms with Crippen LogP contribution in [0.5, 0.6) is 0 Å². The van der Waals surface area contributed by atoms with Crippen molar-refractivity contribution in [2.24, 2.45) is 0 Å². The minimum absolute atomic E-state index is 0.0246. The van der Waals surface area contributed by atoms with Gasteiger partial charge in [0.15, 0.2) is 0 Å². The minimum Gasteiger partial charge on any atom is -0.369 e. The summed E-state index contributed by atoms with van der Waals surface area (Å²) in [5, 5.41) is 10.9. The van der Waals surface area contributed by atoms with Crippen molar-refractivity contribution in [2.75, 3.05) is 23.4 Å². The van der Waals surface area contributed by atoms with E-state index in [-0.39, 0.29) is 5.54 Å². The number of nitrogens with zero attached hydrogens (tertiary/aromatic N) is 2. The molecule has 6 aromatic carbocycles. The molecule has 216 valence electrons. The number of anilines is 2. The molecule has 0 amide bonds. The zero-order valence-electron chi connectivity index (χ0n) is 26.3. The van der Waals surface area contributed by atoms with Crippen molar-refractivity contribution in [2.45, 2.75) is 71.4 Å². The summed E-state index contributed by atoms with van der Waals surface area (Å²) >= 11 is 0. The highest BCUT2D eigenvalue weighted by Crippen LogP contribution is 2.54. The van der Waals surface area contributed by atoms with Crippen molar-refractivity contribution in [3.63, 3.8) is 0 Å². The molecular weight excluding hydrogens is 520 g/mol. The summed E-state index contributed by atoms with van der Waals surface area (Å²) in [7, 11) is 2.29. The highest BCUT2D eigenvalue weighted by atomic mass is 15.2. The van der Waals surface area contributed by atoms with Gasteiger partial charge in [-0.3, -0.25) is 0 Å². The molecule has 0 atom stereocenters. The maximum Gasteiger partial charge on any atom is 0.0529 e. The summed E-state index contributed by atoms with van der Waals surface area (Å²) in [6.07, 6.45) is 6.62. The van der Waals surface area contributed by atoms with Crippen LogP contribution in [0.15, 0.2) is 84.9 Å². The van der Waals surface area contributed by atoms with Crippen LogP contribution >= 0.6 is 0 Å². The van der Waals surface area contributed by atoms with Gasteiger partial charge in [-0.15, -0.1) is 0 Å². The molecule has 6 aromatic rings. The molecule has 0 heterocycles. The van der Waals surface area contributed by atoms with Crippen LogP contribution in [-0.4, -0.2) is 25.2 Å². The maximum atomic E-state index is 2.77. The molecule has 43 heavy (non-hydrogen) atoms. The van der Waals surface area contributed by atoms with Crippen LogP contribution < -0.4 is 9.80 Å². The Balaban J connectivity index is 1.53. The van der Waals surface area contributed by atoms with Crippen molar-refractivity contribution in [1.82, 2.24) is 0 Å². The van der Waals surface area contributed by atoms with Crippen LogP contribution in [0.4, 0.5) is 11.4 Å². The van der Waals surface area contributed by atoms with Gasteiger partial charge >= 0.3 is 0 Å². The van der Waals surface area contributed by atoms with E-state index < -0.39 is 0 Å². The average molecular weight is 563 g/mol. The second-order valence-corrected chi connectivity index (χ2v) is 13.9. The monoisotopic (exact) mass is 562 g/mol. The van der Waals surface area contributed by atoms with E-state index >= 15 is 0 Å². The van der Waals surface area contributed by atoms with Crippen LogP contribution in [0.1, 0.15) is 59.8 Å². The Kier molecular flexibility index (Phi) is 6.02. The molecule has 0 unspecified atom stereocenters. The Morgan fingerprint density at radius 1 is 0.605 bits per heavy atom. The third-order valence-electron chi connectivity index (χ3n) is 10.6. The minimum atomic E-state index is -0.0246. The van der Waals surface area contributed by atoms with E-state index in [0.29, 0.717) is 6.04 Å². The molecule has 0 N–H and O–H groups in total. The molecule has 1 fully saturated rings. The number of fused-ring (bicyclic) bond motifs is 7. The van der Waals surface area contributed by atoms with Gasteiger partial charge in [-0.25, -0.2) is 0 Å².